The number of nitrogens with one attached hydrogen (secondary N) is 1. The molecule has 0 saturated carbocycles. The summed E-state index contributed by atoms with van der Waals surface area (Å²) in [4.78, 5) is 20.9. The Bertz CT molecular complexity index is 812. The quantitative estimate of drug-likeness (QED) is 0.767. The molecule has 1 N–H and O–H groups in total. The fraction of sp³-hybridized carbons (Fsp3) is 0.211. The van der Waals surface area contributed by atoms with Gasteiger partial charge in [-0.2, -0.15) is 0 Å². The van der Waals surface area contributed by atoms with Gasteiger partial charge in [-0.15, -0.1) is 11.3 Å². The number of hydrogen-bond acceptors (Lipinski definition) is 4. The number of carbonyl (C=O) groups is 1. The molecule has 1 amide bonds. The number of hydrogen-bond donors (Lipinski definition) is 1. The van der Waals surface area contributed by atoms with E-state index in [0.29, 0.717) is 0 Å². The zero-order valence-electron chi connectivity index (χ0n) is 13.7. The normalized spacial score (nSPS) is 11.9. The van der Waals surface area contributed by atoms with Gasteiger partial charge in [-0.1, -0.05) is 35.9 Å². The number of benzene rings is 1. The van der Waals surface area contributed by atoms with Crippen LogP contribution in [0.3, 0.4) is 0 Å². The lowest BCUT2D eigenvalue weighted by Crippen LogP contribution is -2.28. The molecule has 0 bridgehead atoms. The molecular weight excluding hydrogens is 318 g/mol. The molecule has 0 saturated heterocycles. The highest BCUT2D eigenvalue weighted by Gasteiger charge is 2.12. The number of carbonyl (C=O) groups excluding carboxylic acids is 1. The summed E-state index contributed by atoms with van der Waals surface area (Å²) >= 11 is 1.56. The average Bonchev–Trinajstić information content (AvgIpc) is 3.04. The van der Waals surface area contributed by atoms with Crippen molar-refractivity contribution >= 4 is 17.2 Å². The van der Waals surface area contributed by atoms with Gasteiger partial charge in [0.2, 0.25) is 5.91 Å². The summed E-state index contributed by atoms with van der Waals surface area (Å²) in [6.45, 7) is 4.01. The van der Waals surface area contributed by atoms with Crippen molar-refractivity contribution in [3.8, 4) is 10.6 Å². The van der Waals surface area contributed by atoms with Crippen LogP contribution < -0.4 is 5.32 Å². The number of thiazole rings is 1. The summed E-state index contributed by atoms with van der Waals surface area (Å²) in [7, 11) is 0. The second-order valence-electron chi connectivity index (χ2n) is 5.76. The van der Waals surface area contributed by atoms with Gasteiger partial charge in [0.1, 0.15) is 5.01 Å². The number of aromatic nitrogens is 2. The Kier molecular flexibility index (Phi) is 5.01. The van der Waals surface area contributed by atoms with Crippen molar-refractivity contribution in [1.29, 1.82) is 0 Å². The first kappa shape index (κ1) is 16.3. The minimum Gasteiger partial charge on any atom is -0.349 e. The van der Waals surface area contributed by atoms with Gasteiger partial charge in [0.25, 0.3) is 0 Å². The Balaban J connectivity index is 1.62. The van der Waals surface area contributed by atoms with Gasteiger partial charge in [-0.05, 0) is 25.5 Å². The van der Waals surface area contributed by atoms with Crippen LogP contribution in [0.1, 0.15) is 29.8 Å². The van der Waals surface area contributed by atoms with Crippen molar-refractivity contribution in [3.05, 3.63) is 71.0 Å². The van der Waals surface area contributed by atoms with Crippen molar-refractivity contribution in [2.24, 2.45) is 0 Å². The van der Waals surface area contributed by atoms with Crippen molar-refractivity contribution in [3.63, 3.8) is 0 Å². The summed E-state index contributed by atoms with van der Waals surface area (Å²) in [6.07, 6.45) is 3.77. The van der Waals surface area contributed by atoms with Crippen LogP contribution in [0.4, 0.5) is 0 Å². The third-order valence-corrected chi connectivity index (χ3v) is 4.69. The third kappa shape index (κ3) is 4.06. The molecule has 24 heavy (non-hydrogen) atoms. The molecule has 1 aromatic carbocycles. The molecule has 1 unspecified atom stereocenters. The van der Waals surface area contributed by atoms with E-state index in [1.807, 2.05) is 24.4 Å². The molecule has 2 aromatic heterocycles. The number of rotatable bonds is 5. The molecule has 3 aromatic rings. The maximum absolute atomic E-state index is 12.2. The molecule has 122 valence electrons. The van der Waals surface area contributed by atoms with Gasteiger partial charge < -0.3 is 5.32 Å². The van der Waals surface area contributed by atoms with Crippen LogP contribution in [-0.2, 0) is 11.2 Å². The average molecular weight is 337 g/mol. The Morgan fingerprint density at radius 1 is 1.25 bits per heavy atom. The van der Waals surface area contributed by atoms with Gasteiger partial charge in [0.05, 0.1) is 18.2 Å². The first-order valence-corrected chi connectivity index (χ1v) is 8.70. The summed E-state index contributed by atoms with van der Waals surface area (Å²) < 4.78 is 0. The van der Waals surface area contributed by atoms with E-state index in [2.05, 4.69) is 46.5 Å². The highest BCUT2D eigenvalue weighted by molar-refractivity contribution is 7.13. The monoisotopic (exact) mass is 337 g/mol. The van der Waals surface area contributed by atoms with E-state index >= 15 is 0 Å². The molecular formula is C19H19N3OS. The van der Waals surface area contributed by atoms with E-state index in [1.165, 1.54) is 5.56 Å². The molecule has 0 fully saturated rings. The SMILES string of the molecule is Cc1ccc(-c2nc(CC(=O)NC(C)c3cccnc3)cs2)cc1. The Hall–Kier alpha value is -2.53. The first-order valence-electron chi connectivity index (χ1n) is 7.82. The van der Waals surface area contributed by atoms with Crippen LogP contribution in [0.15, 0.2) is 54.2 Å². The summed E-state index contributed by atoms with van der Waals surface area (Å²) in [5.74, 6) is -0.0351. The minimum atomic E-state index is -0.0681. The van der Waals surface area contributed by atoms with Gasteiger partial charge in [0, 0.05) is 23.3 Å². The fourth-order valence-electron chi connectivity index (χ4n) is 2.39. The largest absolute Gasteiger partial charge is 0.349 e. The van der Waals surface area contributed by atoms with Crippen LogP contribution >= 0.6 is 11.3 Å². The van der Waals surface area contributed by atoms with Crippen molar-refractivity contribution < 1.29 is 4.79 Å². The van der Waals surface area contributed by atoms with Crippen molar-refractivity contribution in [2.45, 2.75) is 26.3 Å². The smallest absolute Gasteiger partial charge is 0.226 e. The lowest BCUT2D eigenvalue weighted by atomic mass is 10.1. The van der Waals surface area contributed by atoms with Crippen molar-refractivity contribution in [1.82, 2.24) is 15.3 Å². The molecule has 5 heteroatoms. The second-order valence-corrected chi connectivity index (χ2v) is 6.62. The third-order valence-electron chi connectivity index (χ3n) is 3.75. The maximum atomic E-state index is 12.2. The highest BCUT2D eigenvalue weighted by Crippen LogP contribution is 2.24. The Morgan fingerprint density at radius 3 is 2.75 bits per heavy atom. The van der Waals surface area contributed by atoms with Crippen LogP contribution in [0.5, 0.6) is 0 Å². The van der Waals surface area contributed by atoms with Gasteiger partial charge in [-0.3, -0.25) is 9.78 Å². The summed E-state index contributed by atoms with van der Waals surface area (Å²) in [5.41, 5.74) is 4.09. The number of aryl methyl sites for hydroxylation is 1. The standard InChI is InChI=1S/C19H19N3OS/c1-13-5-7-15(8-6-13)19-22-17(12-24-19)10-18(23)21-14(2)16-4-3-9-20-11-16/h3-9,11-12,14H,10H2,1-2H3,(H,21,23). The van der Waals surface area contributed by atoms with Gasteiger partial charge in [0.15, 0.2) is 0 Å². The second kappa shape index (κ2) is 7.36. The van der Waals surface area contributed by atoms with E-state index in [0.717, 1.165) is 21.8 Å². The van der Waals surface area contributed by atoms with E-state index < -0.39 is 0 Å². The lowest BCUT2D eigenvalue weighted by molar-refractivity contribution is -0.121. The maximum Gasteiger partial charge on any atom is 0.226 e. The minimum absolute atomic E-state index is 0.0351. The van der Waals surface area contributed by atoms with Crippen molar-refractivity contribution in [2.75, 3.05) is 0 Å². The number of pyridine rings is 1. The fourth-order valence-corrected chi connectivity index (χ4v) is 3.22. The van der Waals surface area contributed by atoms with E-state index in [-0.39, 0.29) is 18.4 Å². The molecule has 2 heterocycles. The van der Waals surface area contributed by atoms with Gasteiger partial charge >= 0.3 is 0 Å². The number of amides is 1. The van der Waals surface area contributed by atoms with E-state index in [4.69, 9.17) is 0 Å². The first-order chi connectivity index (χ1) is 11.6. The molecule has 0 spiro atoms. The summed E-state index contributed by atoms with van der Waals surface area (Å²) in [6, 6.07) is 12.0. The molecule has 0 aliphatic carbocycles. The molecule has 0 radical (unpaired) electrons. The van der Waals surface area contributed by atoms with E-state index in [9.17, 15) is 4.79 Å². The van der Waals surface area contributed by atoms with Crippen LogP contribution in [0.2, 0.25) is 0 Å². The molecule has 1 atom stereocenters. The van der Waals surface area contributed by atoms with Crippen LogP contribution in [0.25, 0.3) is 10.6 Å². The Morgan fingerprint density at radius 2 is 2.04 bits per heavy atom. The zero-order chi connectivity index (χ0) is 16.9. The predicted octanol–water partition coefficient (Wildman–Crippen LogP) is 3.93. The molecule has 0 aliphatic rings. The van der Waals surface area contributed by atoms with Crippen LogP contribution in [0, 0.1) is 6.92 Å². The number of nitrogens with zero attached hydrogens (tertiary/aromatic N) is 2. The summed E-state index contributed by atoms with van der Waals surface area (Å²) in [5, 5.41) is 5.88. The van der Waals surface area contributed by atoms with Crippen LogP contribution in [-0.4, -0.2) is 15.9 Å². The predicted molar refractivity (Wildman–Crippen MR) is 96.8 cm³/mol. The zero-order valence-corrected chi connectivity index (χ0v) is 14.5. The Labute approximate surface area is 145 Å². The van der Waals surface area contributed by atoms with Gasteiger partial charge in [-0.25, -0.2) is 4.98 Å². The molecule has 0 aliphatic heterocycles. The molecule has 3 rings (SSSR count). The lowest BCUT2D eigenvalue weighted by Gasteiger charge is -2.13. The highest BCUT2D eigenvalue weighted by atomic mass is 32.1. The topological polar surface area (TPSA) is 54.9 Å². The van der Waals surface area contributed by atoms with E-state index in [1.54, 1.807) is 23.7 Å². The molecule has 4 nitrogen and oxygen atoms in total.